The summed E-state index contributed by atoms with van der Waals surface area (Å²) in [6.45, 7) is 0.486. The summed E-state index contributed by atoms with van der Waals surface area (Å²) in [5.41, 5.74) is 6.80. The number of carbonyl (C=O) groups excluding carboxylic acids is 1. The molecular formula is C13H16Cl2FN5O. The van der Waals surface area contributed by atoms with E-state index < -0.39 is 5.82 Å². The Kier molecular flexibility index (Phi) is 6.94. The Hall–Kier alpha value is -1.99. The van der Waals surface area contributed by atoms with Crippen molar-refractivity contribution < 1.29 is 9.18 Å². The van der Waals surface area contributed by atoms with E-state index in [1.54, 1.807) is 6.20 Å². The Morgan fingerprint density at radius 1 is 1.45 bits per heavy atom. The summed E-state index contributed by atoms with van der Waals surface area (Å²) in [5.74, 6) is -0.148. The zero-order valence-corrected chi connectivity index (χ0v) is 13.1. The SMILES string of the molecule is Cl.Nc1ncc(CCCNC(=O)Nc2ccc(F)c(Cl)c2)[nH]1. The van der Waals surface area contributed by atoms with E-state index in [0.717, 1.165) is 18.5 Å². The molecule has 1 aromatic carbocycles. The summed E-state index contributed by atoms with van der Waals surface area (Å²) >= 11 is 5.63. The van der Waals surface area contributed by atoms with Crippen molar-refractivity contribution in [1.29, 1.82) is 0 Å². The predicted octanol–water partition coefficient (Wildman–Crippen LogP) is 2.96. The number of nitrogens with two attached hydrogens (primary N) is 1. The quantitative estimate of drug-likeness (QED) is 0.626. The molecule has 0 spiro atoms. The second kappa shape index (κ2) is 8.45. The summed E-state index contributed by atoms with van der Waals surface area (Å²) < 4.78 is 13.0. The normalized spacial score (nSPS) is 9.91. The number of aromatic amines is 1. The lowest BCUT2D eigenvalue weighted by Gasteiger charge is -2.07. The van der Waals surface area contributed by atoms with Crippen LogP contribution in [0.1, 0.15) is 12.1 Å². The fraction of sp³-hybridized carbons (Fsp3) is 0.231. The molecule has 0 saturated heterocycles. The van der Waals surface area contributed by atoms with E-state index in [1.807, 2.05) is 0 Å². The summed E-state index contributed by atoms with van der Waals surface area (Å²) in [5, 5.41) is 5.22. The lowest BCUT2D eigenvalue weighted by molar-refractivity contribution is 0.252. The molecule has 1 aromatic heterocycles. The van der Waals surface area contributed by atoms with Crippen molar-refractivity contribution in [3.05, 3.63) is 40.9 Å². The number of benzene rings is 1. The van der Waals surface area contributed by atoms with Gasteiger partial charge in [0.1, 0.15) is 5.82 Å². The fourth-order valence-corrected chi connectivity index (χ4v) is 1.91. The van der Waals surface area contributed by atoms with E-state index in [-0.39, 0.29) is 23.5 Å². The number of amides is 2. The lowest BCUT2D eigenvalue weighted by atomic mass is 10.2. The highest BCUT2D eigenvalue weighted by atomic mass is 35.5. The Balaban J connectivity index is 0.00000242. The van der Waals surface area contributed by atoms with Crippen molar-refractivity contribution in [2.45, 2.75) is 12.8 Å². The van der Waals surface area contributed by atoms with E-state index >= 15 is 0 Å². The second-order valence-electron chi connectivity index (χ2n) is 4.41. The average molecular weight is 348 g/mol. The lowest BCUT2D eigenvalue weighted by Crippen LogP contribution is -2.29. The second-order valence-corrected chi connectivity index (χ2v) is 4.81. The largest absolute Gasteiger partial charge is 0.369 e. The molecule has 0 bridgehead atoms. The maximum Gasteiger partial charge on any atom is 0.319 e. The molecule has 0 fully saturated rings. The van der Waals surface area contributed by atoms with Crippen LogP contribution in [-0.4, -0.2) is 22.5 Å². The zero-order chi connectivity index (χ0) is 15.2. The third-order valence-electron chi connectivity index (χ3n) is 2.73. The Morgan fingerprint density at radius 3 is 2.86 bits per heavy atom. The number of rotatable bonds is 5. The minimum Gasteiger partial charge on any atom is -0.369 e. The van der Waals surface area contributed by atoms with Crippen LogP contribution in [0.4, 0.5) is 20.8 Å². The number of anilines is 2. The van der Waals surface area contributed by atoms with Gasteiger partial charge in [-0.1, -0.05) is 11.6 Å². The molecule has 6 nitrogen and oxygen atoms in total. The van der Waals surface area contributed by atoms with Gasteiger partial charge in [-0.05, 0) is 31.0 Å². The molecule has 0 unspecified atom stereocenters. The van der Waals surface area contributed by atoms with Crippen molar-refractivity contribution in [2.75, 3.05) is 17.6 Å². The van der Waals surface area contributed by atoms with Crippen molar-refractivity contribution >= 4 is 41.7 Å². The number of halogens is 3. The molecule has 2 amide bonds. The third kappa shape index (κ3) is 5.42. The molecule has 2 rings (SSSR count). The van der Waals surface area contributed by atoms with Crippen LogP contribution in [0.2, 0.25) is 5.02 Å². The highest BCUT2D eigenvalue weighted by Crippen LogP contribution is 2.19. The predicted molar refractivity (Wildman–Crippen MR) is 87.0 cm³/mol. The molecule has 22 heavy (non-hydrogen) atoms. The first-order chi connectivity index (χ1) is 10.0. The molecule has 0 radical (unpaired) electrons. The fourth-order valence-electron chi connectivity index (χ4n) is 1.73. The number of nitrogens with zero attached hydrogens (tertiary/aromatic N) is 1. The van der Waals surface area contributed by atoms with Gasteiger partial charge in [-0.25, -0.2) is 14.2 Å². The van der Waals surface area contributed by atoms with E-state index in [9.17, 15) is 9.18 Å². The first kappa shape index (κ1) is 18.1. The number of carbonyl (C=O) groups is 1. The van der Waals surface area contributed by atoms with Crippen LogP contribution in [0.25, 0.3) is 0 Å². The summed E-state index contributed by atoms with van der Waals surface area (Å²) in [6, 6.07) is 3.61. The number of imidazole rings is 1. The molecule has 0 aliphatic rings. The molecule has 1 heterocycles. The van der Waals surface area contributed by atoms with Gasteiger partial charge in [0, 0.05) is 17.9 Å². The molecule has 9 heteroatoms. The van der Waals surface area contributed by atoms with Gasteiger partial charge >= 0.3 is 6.03 Å². The van der Waals surface area contributed by atoms with Crippen LogP contribution in [-0.2, 0) is 6.42 Å². The van der Waals surface area contributed by atoms with Crippen molar-refractivity contribution in [3.8, 4) is 0 Å². The van der Waals surface area contributed by atoms with Gasteiger partial charge in [0.25, 0.3) is 0 Å². The number of H-pyrrole nitrogens is 1. The molecule has 5 N–H and O–H groups in total. The maximum absolute atomic E-state index is 13.0. The van der Waals surface area contributed by atoms with Gasteiger partial charge in [-0.3, -0.25) is 0 Å². The summed E-state index contributed by atoms with van der Waals surface area (Å²) in [4.78, 5) is 18.4. The topological polar surface area (TPSA) is 95.8 Å². The minimum absolute atomic E-state index is 0. The van der Waals surface area contributed by atoms with Crippen LogP contribution in [0, 0.1) is 5.82 Å². The van der Waals surface area contributed by atoms with Crippen LogP contribution in [0.3, 0.4) is 0 Å². The molecule has 2 aromatic rings. The number of aryl methyl sites for hydroxylation is 1. The number of hydrogen-bond acceptors (Lipinski definition) is 3. The molecular weight excluding hydrogens is 332 g/mol. The van der Waals surface area contributed by atoms with E-state index in [0.29, 0.717) is 18.2 Å². The standard InChI is InChI=1S/C13H15ClFN5O.ClH/c14-10-6-8(3-4-11(10)15)20-13(21)17-5-1-2-9-7-18-12(16)19-9;/h3-4,6-7H,1-2,5H2,(H3,16,18,19)(H2,17,20,21);1H. The van der Waals surface area contributed by atoms with E-state index in [1.165, 1.54) is 18.2 Å². The van der Waals surface area contributed by atoms with Crippen LogP contribution >= 0.6 is 24.0 Å². The van der Waals surface area contributed by atoms with Crippen molar-refractivity contribution in [2.24, 2.45) is 0 Å². The summed E-state index contributed by atoms with van der Waals surface area (Å²) in [7, 11) is 0. The number of hydrogen-bond donors (Lipinski definition) is 4. The first-order valence-corrected chi connectivity index (χ1v) is 6.71. The minimum atomic E-state index is -0.526. The van der Waals surface area contributed by atoms with Gasteiger partial charge in [-0.15, -0.1) is 12.4 Å². The van der Waals surface area contributed by atoms with Gasteiger partial charge in [-0.2, -0.15) is 0 Å². The molecule has 0 aliphatic heterocycles. The number of aromatic nitrogens is 2. The molecule has 0 saturated carbocycles. The Bertz CT molecular complexity index is 635. The number of urea groups is 1. The maximum atomic E-state index is 13.0. The van der Waals surface area contributed by atoms with Crippen molar-refractivity contribution in [3.63, 3.8) is 0 Å². The van der Waals surface area contributed by atoms with E-state index in [4.69, 9.17) is 17.3 Å². The zero-order valence-electron chi connectivity index (χ0n) is 11.5. The highest BCUT2D eigenvalue weighted by Gasteiger charge is 2.05. The molecule has 120 valence electrons. The molecule has 0 aliphatic carbocycles. The van der Waals surface area contributed by atoms with Gasteiger partial charge in [0.2, 0.25) is 0 Å². The van der Waals surface area contributed by atoms with Crippen molar-refractivity contribution in [1.82, 2.24) is 15.3 Å². The molecule has 0 atom stereocenters. The van der Waals surface area contributed by atoms with E-state index in [2.05, 4.69) is 20.6 Å². The highest BCUT2D eigenvalue weighted by molar-refractivity contribution is 6.31. The Morgan fingerprint density at radius 2 is 2.23 bits per heavy atom. The number of nitrogen functional groups attached to an aromatic ring is 1. The van der Waals surface area contributed by atoms with Gasteiger partial charge < -0.3 is 21.4 Å². The average Bonchev–Trinajstić information content (AvgIpc) is 2.85. The van der Waals surface area contributed by atoms with Crippen LogP contribution in [0.5, 0.6) is 0 Å². The first-order valence-electron chi connectivity index (χ1n) is 6.34. The smallest absolute Gasteiger partial charge is 0.319 e. The number of nitrogens with one attached hydrogen (secondary N) is 3. The third-order valence-corrected chi connectivity index (χ3v) is 3.02. The summed E-state index contributed by atoms with van der Waals surface area (Å²) in [6.07, 6.45) is 3.13. The van der Waals surface area contributed by atoms with Crippen LogP contribution < -0.4 is 16.4 Å². The van der Waals surface area contributed by atoms with Crippen LogP contribution in [0.15, 0.2) is 24.4 Å². The Labute approximate surface area is 138 Å². The van der Waals surface area contributed by atoms with Gasteiger partial charge in [0.15, 0.2) is 5.95 Å². The monoisotopic (exact) mass is 347 g/mol. The van der Waals surface area contributed by atoms with Gasteiger partial charge in [0.05, 0.1) is 11.2 Å².